The Balaban J connectivity index is 2.15. The van der Waals surface area contributed by atoms with Crippen LogP contribution >= 0.6 is 27.5 Å². The summed E-state index contributed by atoms with van der Waals surface area (Å²) in [6.45, 7) is 1.90. The molecule has 2 rings (SSSR count). The molecule has 0 radical (unpaired) electrons. The van der Waals surface area contributed by atoms with Crippen LogP contribution in [-0.2, 0) is 7.05 Å². The van der Waals surface area contributed by atoms with Crippen molar-refractivity contribution < 1.29 is 4.79 Å². The van der Waals surface area contributed by atoms with Crippen molar-refractivity contribution in [3.8, 4) is 0 Å². The third kappa shape index (κ3) is 3.16. The zero-order valence-electron chi connectivity index (χ0n) is 10.5. The van der Waals surface area contributed by atoms with Crippen molar-refractivity contribution in [1.29, 1.82) is 0 Å². The van der Waals surface area contributed by atoms with Crippen molar-refractivity contribution in [2.24, 2.45) is 7.05 Å². The largest absolute Gasteiger partial charge is 0.345 e. The topological polar surface area (TPSA) is 46.9 Å². The molecule has 1 N–H and O–H groups in total. The Bertz CT molecular complexity index is 612. The van der Waals surface area contributed by atoms with Gasteiger partial charge in [0.2, 0.25) is 0 Å². The predicted octanol–water partition coefficient (Wildman–Crippen LogP) is 3.33. The van der Waals surface area contributed by atoms with Crippen molar-refractivity contribution in [3.63, 3.8) is 0 Å². The van der Waals surface area contributed by atoms with Crippen LogP contribution in [0.15, 0.2) is 35.1 Å². The summed E-state index contributed by atoms with van der Waals surface area (Å²) >= 11 is 9.40. The number of benzene rings is 1. The minimum atomic E-state index is -0.206. The van der Waals surface area contributed by atoms with E-state index in [-0.39, 0.29) is 11.9 Å². The van der Waals surface area contributed by atoms with E-state index in [0.29, 0.717) is 15.1 Å². The lowest BCUT2D eigenvalue weighted by Crippen LogP contribution is -2.26. The number of hydrogen-bond donors (Lipinski definition) is 1. The number of amides is 1. The molecule has 1 amide bonds. The Morgan fingerprint density at radius 2 is 2.26 bits per heavy atom. The maximum absolute atomic E-state index is 12.2. The Hall–Kier alpha value is -1.33. The molecule has 0 aliphatic heterocycles. The van der Waals surface area contributed by atoms with Gasteiger partial charge in [0.25, 0.3) is 5.91 Å². The highest BCUT2D eigenvalue weighted by atomic mass is 79.9. The van der Waals surface area contributed by atoms with E-state index in [1.807, 2.05) is 20.2 Å². The molecule has 2 aromatic rings. The molecule has 1 heterocycles. The summed E-state index contributed by atoms with van der Waals surface area (Å²) in [5.74, 6) is -0.206. The van der Waals surface area contributed by atoms with Crippen LogP contribution in [0.3, 0.4) is 0 Å². The minimum Gasteiger partial charge on any atom is -0.345 e. The number of nitrogens with zero attached hydrogens (tertiary/aromatic N) is 2. The third-order valence-corrected chi connectivity index (χ3v) is 4.06. The fourth-order valence-electron chi connectivity index (χ4n) is 1.70. The van der Waals surface area contributed by atoms with E-state index < -0.39 is 0 Å². The summed E-state index contributed by atoms with van der Waals surface area (Å²) in [6, 6.07) is 5.14. The highest BCUT2D eigenvalue weighted by Crippen LogP contribution is 2.26. The molecule has 0 aliphatic carbocycles. The Labute approximate surface area is 124 Å². The predicted molar refractivity (Wildman–Crippen MR) is 78.2 cm³/mol. The van der Waals surface area contributed by atoms with Gasteiger partial charge < -0.3 is 5.32 Å². The number of nitrogens with one attached hydrogen (secondary N) is 1. The molecule has 0 saturated carbocycles. The molecule has 1 atom stereocenters. The van der Waals surface area contributed by atoms with E-state index >= 15 is 0 Å². The molecule has 0 unspecified atom stereocenters. The van der Waals surface area contributed by atoms with Crippen molar-refractivity contribution in [2.75, 3.05) is 0 Å². The van der Waals surface area contributed by atoms with Gasteiger partial charge in [0.05, 0.1) is 22.8 Å². The molecule has 0 saturated heterocycles. The van der Waals surface area contributed by atoms with Crippen LogP contribution in [0.5, 0.6) is 0 Å². The fraction of sp³-hybridized carbons (Fsp3) is 0.231. The van der Waals surface area contributed by atoms with Gasteiger partial charge in [-0.25, -0.2) is 0 Å². The Kier molecular flexibility index (Phi) is 4.27. The van der Waals surface area contributed by atoms with Crippen molar-refractivity contribution >= 4 is 33.4 Å². The molecule has 19 heavy (non-hydrogen) atoms. The van der Waals surface area contributed by atoms with E-state index in [4.69, 9.17) is 11.6 Å². The van der Waals surface area contributed by atoms with Gasteiger partial charge in [-0.05, 0) is 35.0 Å². The van der Waals surface area contributed by atoms with Crippen molar-refractivity contribution in [3.05, 3.63) is 51.2 Å². The molecule has 4 nitrogen and oxygen atoms in total. The van der Waals surface area contributed by atoms with E-state index in [1.165, 1.54) is 0 Å². The summed E-state index contributed by atoms with van der Waals surface area (Å²) < 4.78 is 2.40. The van der Waals surface area contributed by atoms with E-state index in [2.05, 4.69) is 26.3 Å². The van der Waals surface area contributed by atoms with Gasteiger partial charge in [-0.15, -0.1) is 0 Å². The zero-order valence-corrected chi connectivity index (χ0v) is 12.9. The van der Waals surface area contributed by atoms with Crippen LogP contribution in [0.1, 0.15) is 28.9 Å². The maximum Gasteiger partial charge on any atom is 0.253 e. The first-order chi connectivity index (χ1) is 8.99. The number of aromatic nitrogens is 2. The number of carbonyl (C=O) groups is 1. The van der Waals surface area contributed by atoms with Gasteiger partial charge in [0.15, 0.2) is 0 Å². The lowest BCUT2D eigenvalue weighted by Gasteiger charge is -2.13. The molecule has 0 fully saturated rings. The van der Waals surface area contributed by atoms with Gasteiger partial charge in [0, 0.05) is 23.3 Å². The summed E-state index contributed by atoms with van der Waals surface area (Å²) in [6.07, 6.45) is 3.60. The number of rotatable bonds is 3. The van der Waals surface area contributed by atoms with E-state index in [9.17, 15) is 4.79 Å². The summed E-state index contributed by atoms with van der Waals surface area (Å²) in [5.41, 5.74) is 1.40. The lowest BCUT2D eigenvalue weighted by atomic mass is 10.1. The monoisotopic (exact) mass is 341 g/mol. The van der Waals surface area contributed by atoms with Gasteiger partial charge in [-0.2, -0.15) is 5.10 Å². The second-order valence-electron chi connectivity index (χ2n) is 4.24. The van der Waals surface area contributed by atoms with Gasteiger partial charge in [0.1, 0.15) is 0 Å². The van der Waals surface area contributed by atoms with Crippen LogP contribution in [0, 0.1) is 0 Å². The van der Waals surface area contributed by atoms with Gasteiger partial charge >= 0.3 is 0 Å². The Morgan fingerprint density at radius 1 is 1.53 bits per heavy atom. The van der Waals surface area contributed by atoms with E-state index in [0.717, 1.165) is 5.56 Å². The quantitative estimate of drug-likeness (QED) is 0.930. The first-order valence-corrected chi connectivity index (χ1v) is 6.89. The zero-order chi connectivity index (χ0) is 14.0. The average molecular weight is 343 g/mol. The van der Waals surface area contributed by atoms with Crippen LogP contribution in [0.4, 0.5) is 0 Å². The SMILES string of the molecule is C[C@@H](NC(=O)c1cccc(Br)c1Cl)c1cnn(C)c1. The molecule has 6 heteroatoms. The van der Waals surface area contributed by atoms with Crippen LogP contribution in [0.25, 0.3) is 0 Å². The standard InChI is InChI=1S/C13H13BrClN3O/c1-8(9-6-16-18(2)7-9)17-13(19)10-4-3-5-11(14)12(10)15/h3-8H,1-2H3,(H,17,19)/t8-/m1/s1. The highest BCUT2D eigenvalue weighted by molar-refractivity contribution is 9.10. The smallest absolute Gasteiger partial charge is 0.253 e. The molecule has 1 aromatic heterocycles. The number of aryl methyl sites for hydroxylation is 1. The molecule has 100 valence electrons. The second-order valence-corrected chi connectivity index (χ2v) is 5.48. The van der Waals surface area contributed by atoms with E-state index in [1.54, 1.807) is 29.1 Å². The summed E-state index contributed by atoms with van der Waals surface area (Å²) in [4.78, 5) is 12.2. The lowest BCUT2D eigenvalue weighted by molar-refractivity contribution is 0.0940. The molecular weight excluding hydrogens is 330 g/mol. The molecular formula is C13H13BrClN3O. The molecule has 0 bridgehead atoms. The first-order valence-electron chi connectivity index (χ1n) is 5.72. The van der Waals surface area contributed by atoms with Crippen LogP contribution in [0.2, 0.25) is 5.02 Å². The fourth-order valence-corrected chi connectivity index (χ4v) is 2.28. The van der Waals surface area contributed by atoms with Gasteiger partial charge in [-0.1, -0.05) is 17.7 Å². The summed E-state index contributed by atoms with van der Waals surface area (Å²) in [5, 5.41) is 7.39. The van der Waals surface area contributed by atoms with Crippen LogP contribution < -0.4 is 5.32 Å². The van der Waals surface area contributed by atoms with Crippen molar-refractivity contribution in [1.82, 2.24) is 15.1 Å². The first kappa shape index (κ1) is 14.1. The second kappa shape index (κ2) is 5.75. The van der Waals surface area contributed by atoms with Gasteiger partial charge in [-0.3, -0.25) is 9.48 Å². The average Bonchev–Trinajstić information content (AvgIpc) is 2.79. The molecule has 0 aliphatic rings. The number of halogens is 2. The molecule has 0 spiro atoms. The number of carbonyl (C=O) groups excluding carboxylic acids is 1. The minimum absolute atomic E-state index is 0.128. The normalized spacial score (nSPS) is 12.2. The maximum atomic E-state index is 12.2. The summed E-state index contributed by atoms with van der Waals surface area (Å²) in [7, 11) is 1.84. The van der Waals surface area contributed by atoms with Crippen LogP contribution in [-0.4, -0.2) is 15.7 Å². The Morgan fingerprint density at radius 3 is 2.89 bits per heavy atom. The highest BCUT2D eigenvalue weighted by Gasteiger charge is 2.16. The third-order valence-electron chi connectivity index (χ3n) is 2.77. The molecule has 1 aromatic carbocycles. The van der Waals surface area contributed by atoms with Crippen molar-refractivity contribution in [2.45, 2.75) is 13.0 Å². The number of hydrogen-bond acceptors (Lipinski definition) is 2.